The summed E-state index contributed by atoms with van der Waals surface area (Å²) in [5.74, 6) is -0.271. The highest BCUT2D eigenvalue weighted by atomic mass is 19.1. The van der Waals surface area contributed by atoms with Crippen LogP contribution in [0.1, 0.15) is 36.8 Å². The van der Waals surface area contributed by atoms with Gasteiger partial charge in [0.2, 0.25) is 0 Å². The average Bonchev–Trinajstić information content (AvgIpc) is 2.57. The van der Waals surface area contributed by atoms with Crippen LogP contribution in [-0.2, 0) is 10.3 Å². The zero-order chi connectivity index (χ0) is 12.0. The monoisotopic (exact) mass is 236 g/mol. The van der Waals surface area contributed by atoms with Crippen molar-refractivity contribution in [3.8, 4) is 0 Å². The molecule has 2 unspecified atom stereocenters. The van der Waals surface area contributed by atoms with Crippen molar-refractivity contribution in [2.75, 3.05) is 0 Å². The summed E-state index contributed by atoms with van der Waals surface area (Å²) < 4.78 is 19.1. The Labute approximate surface area is 100 Å². The predicted molar refractivity (Wildman–Crippen MR) is 62.2 cm³/mol. The van der Waals surface area contributed by atoms with Crippen LogP contribution in [0.3, 0.4) is 0 Å². The number of hydrogen-bond donors (Lipinski definition) is 1. The summed E-state index contributed by atoms with van der Waals surface area (Å²) in [6, 6.07) is 4.83. The van der Waals surface area contributed by atoms with Crippen molar-refractivity contribution in [1.29, 1.82) is 0 Å². The quantitative estimate of drug-likeness (QED) is 0.812. The van der Waals surface area contributed by atoms with Crippen molar-refractivity contribution in [2.24, 2.45) is 0 Å². The summed E-state index contributed by atoms with van der Waals surface area (Å²) in [6.45, 7) is 1.85. The van der Waals surface area contributed by atoms with Gasteiger partial charge in [-0.3, -0.25) is 0 Å². The van der Waals surface area contributed by atoms with E-state index in [2.05, 4.69) is 0 Å². The van der Waals surface area contributed by atoms with E-state index in [0.717, 1.165) is 18.4 Å². The lowest BCUT2D eigenvalue weighted by Gasteiger charge is -2.37. The number of rotatable bonds is 1. The van der Waals surface area contributed by atoms with Crippen molar-refractivity contribution in [2.45, 2.75) is 50.4 Å². The van der Waals surface area contributed by atoms with Gasteiger partial charge < -0.3 is 9.84 Å². The largest absolute Gasteiger partial charge is 0.385 e. The maximum absolute atomic E-state index is 13.4. The Bertz CT molecular complexity index is 412. The molecule has 1 aromatic carbocycles. The van der Waals surface area contributed by atoms with E-state index in [1.54, 1.807) is 0 Å². The Morgan fingerprint density at radius 1 is 1.24 bits per heavy atom. The van der Waals surface area contributed by atoms with Gasteiger partial charge in [0.1, 0.15) is 5.82 Å². The summed E-state index contributed by atoms with van der Waals surface area (Å²) in [4.78, 5) is 0. The van der Waals surface area contributed by atoms with Gasteiger partial charge >= 0.3 is 0 Å². The smallest absolute Gasteiger partial charge is 0.123 e. The number of benzene rings is 1. The zero-order valence-electron chi connectivity index (χ0n) is 9.95. The first-order valence-corrected chi connectivity index (χ1v) is 6.21. The minimum absolute atomic E-state index is 0.141. The summed E-state index contributed by atoms with van der Waals surface area (Å²) in [7, 11) is 0. The first-order valence-electron chi connectivity index (χ1n) is 6.21. The number of aryl methyl sites for hydroxylation is 1. The average molecular weight is 236 g/mol. The van der Waals surface area contributed by atoms with Gasteiger partial charge in [0.25, 0.3) is 0 Å². The van der Waals surface area contributed by atoms with E-state index < -0.39 is 5.60 Å². The van der Waals surface area contributed by atoms with Crippen LogP contribution in [0.2, 0.25) is 0 Å². The Hall–Kier alpha value is -0.930. The topological polar surface area (TPSA) is 29.5 Å². The minimum atomic E-state index is -0.906. The molecule has 2 aliphatic heterocycles. The number of halogens is 1. The van der Waals surface area contributed by atoms with Gasteiger partial charge in [-0.15, -0.1) is 0 Å². The fourth-order valence-electron chi connectivity index (χ4n) is 3.16. The summed E-state index contributed by atoms with van der Waals surface area (Å²) >= 11 is 0. The maximum Gasteiger partial charge on any atom is 0.123 e. The molecule has 2 nitrogen and oxygen atoms in total. The standard InChI is InChI=1S/C14H17FO2/c1-9-4-10(6-11(15)5-9)14(16)7-12-2-3-13(8-14)17-12/h4-6,12-13,16H,2-3,7-8H2,1H3. The van der Waals surface area contributed by atoms with E-state index in [1.165, 1.54) is 12.1 Å². The van der Waals surface area contributed by atoms with E-state index in [-0.39, 0.29) is 18.0 Å². The molecule has 0 saturated carbocycles. The fourth-order valence-corrected chi connectivity index (χ4v) is 3.16. The number of hydrogen-bond acceptors (Lipinski definition) is 2. The second kappa shape index (κ2) is 3.79. The molecule has 2 bridgehead atoms. The zero-order valence-corrected chi connectivity index (χ0v) is 9.95. The van der Waals surface area contributed by atoms with Gasteiger partial charge in [-0.25, -0.2) is 4.39 Å². The highest BCUT2D eigenvalue weighted by Gasteiger charge is 2.44. The van der Waals surface area contributed by atoms with Gasteiger partial charge in [-0.05, 0) is 43.0 Å². The maximum atomic E-state index is 13.4. The molecule has 2 saturated heterocycles. The molecular weight excluding hydrogens is 219 g/mol. The molecule has 1 aromatic rings. The Morgan fingerprint density at radius 3 is 2.47 bits per heavy atom. The lowest BCUT2D eigenvalue weighted by Crippen LogP contribution is -2.38. The number of ether oxygens (including phenoxy) is 1. The molecule has 1 N–H and O–H groups in total. The SMILES string of the molecule is Cc1cc(F)cc(C2(O)CC3CCC(C2)O3)c1. The highest BCUT2D eigenvalue weighted by molar-refractivity contribution is 5.29. The third-order valence-corrected chi connectivity index (χ3v) is 3.91. The van der Waals surface area contributed by atoms with Crippen LogP contribution in [0.5, 0.6) is 0 Å². The van der Waals surface area contributed by atoms with Crippen LogP contribution >= 0.6 is 0 Å². The third-order valence-electron chi connectivity index (χ3n) is 3.91. The molecule has 2 atom stereocenters. The predicted octanol–water partition coefficient (Wildman–Crippen LogP) is 2.66. The van der Waals surface area contributed by atoms with Gasteiger partial charge in [0, 0.05) is 12.8 Å². The molecule has 2 aliphatic rings. The number of aliphatic hydroxyl groups is 1. The van der Waals surface area contributed by atoms with Crippen molar-refractivity contribution >= 4 is 0 Å². The molecule has 0 amide bonds. The van der Waals surface area contributed by atoms with E-state index in [1.807, 2.05) is 13.0 Å². The van der Waals surface area contributed by atoms with Gasteiger partial charge in [0.05, 0.1) is 17.8 Å². The molecule has 17 heavy (non-hydrogen) atoms. The fraction of sp³-hybridized carbons (Fsp3) is 0.571. The van der Waals surface area contributed by atoms with Gasteiger partial charge in [-0.2, -0.15) is 0 Å². The molecule has 3 heteroatoms. The van der Waals surface area contributed by atoms with E-state index >= 15 is 0 Å². The normalized spacial score (nSPS) is 36.2. The molecule has 0 radical (unpaired) electrons. The van der Waals surface area contributed by atoms with Crippen LogP contribution in [-0.4, -0.2) is 17.3 Å². The van der Waals surface area contributed by atoms with Crippen molar-refractivity contribution < 1.29 is 14.2 Å². The lowest BCUT2D eigenvalue weighted by molar-refractivity contribution is -0.115. The third kappa shape index (κ3) is 1.98. The molecule has 2 heterocycles. The van der Waals surface area contributed by atoms with Crippen LogP contribution < -0.4 is 0 Å². The van der Waals surface area contributed by atoms with Gasteiger partial charge in [-0.1, -0.05) is 6.07 Å². The van der Waals surface area contributed by atoms with Crippen LogP contribution in [0.4, 0.5) is 4.39 Å². The Balaban J connectivity index is 1.96. The van der Waals surface area contributed by atoms with E-state index in [0.29, 0.717) is 18.4 Å². The minimum Gasteiger partial charge on any atom is -0.385 e. The van der Waals surface area contributed by atoms with Crippen LogP contribution in [0, 0.1) is 12.7 Å². The molecule has 0 aromatic heterocycles. The van der Waals surface area contributed by atoms with Crippen molar-refractivity contribution in [1.82, 2.24) is 0 Å². The number of fused-ring (bicyclic) bond motifs is 2. The molecule has 2 fully saturated rings. The molecule has 0 spiro atoms. The van der Waals surface area contributed by atoms with E-state index in [4.69, 9.17) is 4.74 Å². The highest BCUT2D eigenvalue weighted by Crippen LogP contribution is 2.44. The van der Waals surface area contributed by atoms with Crippen LogP contribution in [0.15, 0.2) is 18.2 Å². The summed E-state index contributed by atoms with van der Waals surface area (Å²) in [6.07, 6.45) is 3.49. The van der Waals surface area contributed by atoms with Crippen LogP contribution in [0.25, 0.3) is 0 Å². The van der Waals surface area contributed by atoms with Gasteiger partial charge in [0.15, 0.2) is 0 Å². The lowest BCUT2D eigenvalue weighted by atomic mass is 9.83. The molecular formula is C14H17FO2. The molecule has 0 aliphatic carbocycles. The molecule has 3 rings (SSSR count). The van der Waals surface area contributed by atoms with E-state index in [9.17, 15) is 9.50 Å². The second-order valence-electron chi connectivity index (χ2n) is 5.41. The second-order valence-corrected chi connectivity index (χ2v) is 5.41. The first-order chi connectivity index (χ1) is 8.05. The van der Waals surface area contributed by atoms with Crippen molar-refractivity contribution in [3.63, 3.8) is 0 Å². The molecule has 92 valence electrons. The Kier molecular flexibility index (Phi) is 2.49. The summed E-state index contributed by atoms with van der Waals surface area (Å²) in [5.41, 5.74) is 0.652. The summed E-state index contributed by atoms with van der Waals surface area (Å²) in [5, 5.41) is 10.7. The first kappa shape index (κ1) is 11.2. The van der Waals surface area contributed by atoms with Crippen molar-refractivity contribution in [3.05, 3.63) is 35.1 Å². The Morgan fingerprint density at radius 2 is 1.88 bits per heavy atom.